The van der Waals surface area contributed by atoms with Gasteiger partial charge < -0.3 is 10.4 Å². The van der Waals surface area contributed by atoms with Crippen LogP contribution in [0.15, 0.2) is 40.9 Å². The Bertz CT molecular complexity index is 624. The molecule has 2 aromatic rings. The maximum atomic E-state index is 13.0. The number of rotatable bonds is 4. The molecule has 20 heavy (non-hydrogen) atoms. The number of halogens is 4. The molecule has 0 fully saturated rings. The number of hydrogen-bond donors (Lipinski definition) is 2. The van der Waals surface area contributed by atoms with Crippen LogP contribution in [0.25, 0.3) is 0 Å². The van der Waals surface area contributed by atoms with E-state index >= 15 is 0 Å². The molecule has 2 aromatic carbocycles. The lowest BCUT2D eigenvalue weighted by atomic mass is 10.1. The van der Waals surface area contributed by atoms with Crippen LogP contribution in [0.4, 0.5) is 10.1 Å². The molecule has 0 bridgehead atoms. The molecule has 0 aliphatic rings. The Morgan fingerprint density at radius 3 is 2.65 bits per heavy atom. The Balaban J connectivity index is 2.08. The fourth-order valence-electron chi connectivity index (χ4n) is 1.72. The number of nitrogens with one attached hydrogen (secondary N) is 1. The predicted molar refractivity (Wildman–Crippen MR) is 84.0 cm³/mol. The highest BCUT2D eigenvalue weighted by Crippen LogP contribution is 2.28. The minimum Gasteiger partial charge on any atom is -0.387 e. The average Bonchev–Trinajstić information content (AvgIpc) is 2.40. The zero-order valence-corrected chi connectivity index (χ0v) is 13.3. The van der Waals surface area contributed by atoms with Crippen molar-refractivity contribution in [2.75, 3.05) is 11.9 Å². The van der Waals surface area contributed by atoms with Crippen molar-refractivity contribution >= 4 is 44.8 Å². The van der Waals surface area contributed by atoms with Crippen LogP contribution in [-0.2, 0) is 0 Å². The molecule has 0 saturated carbocycles. The summed E-state index contributed by atoms with van der Waals surface area (Å²) >= 11 is 15.1. The maximum absolute atomic E-state index is 13.0. The smallest absolute Gasteiger partial charge is 0.124 e. The fourth-order valence-corrected chi connectivity index (χ4v) is 2.63. The van der Waals surface area contributed by atoms with Crippen LogP contribution >= 0.6 is 39.1 Å². The zero-order valence-electron chi connectivity index (χ0n) is 10.2. The summed E-state index contributed by atoms with van der Waals surface area (Å²) in [4.78, 5) is 0. The Labute approximate surface area is 134 Å². The van der Waals surface area contributed by atoms with Crippen LogP contribution < -0.4 is 5.32 Å². The number of aliphatic hydroxyl groups is 1. The lowest BCUT2D eigenvalue weighted by molar-refractivity contribution is 0.191. The van der Waals surface area contributed by atoms with Gasteiger partial charge in [0.1, 0.15) is 5.82 Å². The summed E-state index contributed by atoms with van der Waals surface area (Å²) in [6.07, 6.45) is -0.821. The minimum atomic E-state index is -0.821. The van der Waals surface area contributed by atoms with Crippen molar-refractivity contribution in [1.82, 2.24) is 0 Å². The SMILES string of the molecule is OC(CNc1ccc(F)cc1Br)c1cc(Cl)ccc1Cl. The molecule has 6 heteroatoms. The monoisotopic (exact) mass is 377 g/mol. The summed E-state index contributed by atoms with van der Waals surface area (Å²) in [5.41, 5.74) is 1.23. The molecule has 1 atom stereocenters. The summed E-state index contributed by atoms with van der Waals surface area (Å²) in [7, 11) is 0. The molecule has 2 rings (SSSR count). The second-order valence-corrected chi connectivity index (χ2v) is 5.88. The van der Waals surface area contributed by atoms with Gasteiger partial charge >= 0.3 is 0 Å². The molecule has 0 radical (unpaired) electrons. The van der Waals surface area contributed by atoms with Crippen LogP contribution in [0, 0.1) is 5.82 Å². The molecule has 106 valence electrons. The molecule has 0 spiro atoms. The summed E-state index contributed by atoms with van der Waals surface area (Å²) in [6, 6.07) is 9.19. The van der Waals surface area contributed by atoms with E-state index in [-0.39, 0.29) is 12.4 Å². The van der Waals surface area contributed by atoms with Gasteiger partial charge in [0.05, 0.1) is 6.10 Å². The first-order chi connectivity index (χ1) is 9.47. The Morgan fingerprint density at radius 2 is 1.95 bits per heavy atom. The van der Waals surface area contributed by atoms with Crippen molar-refractivity contribution in [2.24, 2.45) is 0 Å². The average molecular weight is 379 g/mol. The first-order valence-electron chi connectivity index (χ1n) is 5.79. The van der Waals surface area contributed by atoms with Crippen LogP contribution in [0.2, 0.25) is 10.0 Å². The van der Waals surface area contributed by atoms with Gasteiger partial charge in [0.2, 0.25) is 0 Å². The molecule has 0 aliphatic heterocycles. The zero-order chi connectivity index (χ0) is 14.7. The molecule has 0 heterocycles. The summed E-state index contributed by atoms with van der Waals surface area (Å²) in [6.45, 7) is 0.226. The van der Waals surface area contributed by atoms with Crippen molar-refractivity contribution in [1.29, 1.82) is 0 Å². The van der Waals surface area contributed by atoms with Gasteiger partial charge in [-0.15, -0.1) is 0 Å². The van der Waals surface area contributed by atoms with E-state index < -0.39 is 6.10 Å². The molecule has 0 aliphatic carbocycles. The highest BCUT2D eigenvalue weighted by Gasteiger charge is 2.13. The predicted octanol–water partition coefficient (Wildman–Crippen LogP) is 5.04. The third-order valence-electron chi connectivity index (χ3n) is 2.73. The van der Waals surface area contributed by atoms with Gasteiger partial charge in [-0.1, -0.05) is 23.2 Å². The van der Waals surface area contributed by atoms with E-state index in [9.17, 15) is 9.50 Å². The number of hydrogen-bond acceptors (Lipinski definition) is 2. The van der Waals surface area contributed by atoms with Crippen molar-refractivity contribution in [3.8, 4) is 0 Å². The lowest BCUT2D eigenvalue weighted by Gasteiger charge is -2.15. The van der Waals surface area contributed by atoms with Crippen molar-refractivity contribution in [3.63, 3.8) is 0 Å². The topological polar surface area (TPSA) is 32.3 Å². The highest BCUT2D eigenvalue weighted by molar-refractivity contribution is 9.10. The Morgan fingerprint density at radius 1 is 1.20 bits per heavy atom. The quantitative estimate of drug-likeness (QED) is 0.780. The van der Waals surface area contributed by atoms with Crippen LogP contribution in [-0.4, -0.2) is 11.7 Å². The van der Waals surface area contributed by atoms with E-state index in [4.69, 9.17) is 23.2 Å². The van der Waals surface area contributed by atoms with E-state index in [1.807, 2.05) is 0 Å². The second kappa shape index (κ2) is 6.76. The van der Waals surface area contributed by atoms with Gasteiger partial charge in [-0.3, -0.25) is 0 Å². The summed E-state index contributed by atoms with van der Waals surface area (Å²) in [5.74, 6) is -0.333. The summed E-state index contributed by atoms with van der Waals surface area (Å²) in [5, 5.41) is 14.1. The van der Waals surface area contributed by atoms with E-state index in [0.29, 0.717) is 25.8 Å². The van der Waals surface area contributed by atoms with E-state index in [0.717, 1.165) is 0 Å². The Kier molecular flexibility index (Phi) is 5.27. The molecule has 0 amide bonds. The lowest BCUT2D eigenvalue weighted by Crippen LogP contribution is -2.13. The van der Waals surface area contributed by atoms with Gasteiger partial charge in [0, 0.05) is 32.3 Å². The molecule has 0 aromatic heterocycles. The molecular formula is C14H11BrCl2FNO. The summed E-state index contributed by atoms with van der Waals surface area (Å²) < 4.78 is 13.6. The molecule has 0 saturated heterocycles. The van der Waals surface area contributed by atoms with Crippen molar-refractivity contribution in [3.05, 3.63) is 62.3 Å². The molecular weight excluding hydrogens is 368 g/mol. The number of anilines is 1. The van der Waals surface area contributed by atoms with Crippen molar-refractivity contribution < 1.29 is 9.50 Å². The van der Waals surface area contributed by atoms with Crippen LogP contribution in [0.3, 0.4) is 0 Å². The first kappa shape index (κ1) is 15.6. The molecule has 2 N–H and O–H groups in total. The molecule has 1 unspecified atom stereocenters. The minimum absolute atomic E-state index is 0.226. The largest absolute Gasteiger partial charge is 0.387 e. The van der Waals surface area contributed by atoms with Gasteiger partial charge in [-0.25, -0.2) is 4.39 Å². The van der Waals surface area contributed by atoms with E-state index in [2.05, 4.69) is 21.2 Å². The van der Waals surface area contributed by atoms with Gasteiger partial charge in [0.25, 0.3) is 0 Å². The first-order valence-corrected chi connectivity index (χ1v) is 7.34. The second-order valence-electron chi connectivity index (χ2n) is 4.19. The van der Waals surface area contributed by atoms with E-state index in [1.165, 1.54) is 12.1 Å². The number of aliphatic hydroxyl groups excluding tert-OH is 1. The standard InChI is InChI=1S/C14H11BrCl2FNO/c15-11-6-9(18)2-4-13(11)19-7-14(20)10-5-8(16)1-3-12(10)17/h1-6,14,19-20H,7H2. The van der Waals surface area contributed by atoms with E-state index in [1.54, 1.807) is 24.3 Å². The third-order valence-corrected chi connectivity index (χ3v) is 3.97. The van der Waals surface area contributed by atoms with Gasteiger partial charge in [0.15, 0.2) is 0 Å². The van der Waals surface area contributed by atoms with Crippen LogP contribution in [0.1, 0.15) is 11.7 Å². The fraction of sp³-hybridized carbons (Fsp3) is 0.143. The number of benzene rings is 2. The molecule has 2 nitrogen and oxygen atoms in total. The van der Waals surface area contributed by atoms with Crippen molar-refractivity contribution in [2.45, 2.75) is 6.10 Å². The highest BCUT2D eigenvalue weighted by atomic mass is 79.9. The van der Waals surface area contributed by atoms with Gasteiger partial charge in [-0.05, 0) is 52.3 Å². The van der Waals surface area contributed by atoms with Crippen LogP contribution in [0.5, 0.6) is 0 Å². The maximum Gasteiger partial charge on any atom is 0.124 e. The van der Waals surface area contributed by atoms with Gasteiger partial charge in [-0.2, -0.15) is 0 Å². The third kappa shape index (κ3) is 3.85. The Hall–Kier alpha value is -0.810. The normalized spacial score (nSPS) is 12.2.